The Hall–Kier alpha value is -1.10. The minimum Gasteiger partial charge on any atom is -0.356 e. The first kappa shape index (κ1) is 14.3. The third-order valence-corrected chi connectivity index (χ3v) is 4.16. The summed E-state index contributed by atoms with van der Waals surface area (Å²) in [7, 11) is 0. The summed E-state index contributed by atoms with van der Waals surface area (Å²) in [5, 5.41) is 2.98. The van der Waals surface area contributed by atoms with Crippen molar-refractivity contribution in [1.82, 2.24) is 10.2 Å². The van der Waals surface area contributed by atoms with Gasteiger partial charge < -0.3 is 16.0 Å². The molecular weight excluding hydrogens is 242 g/mol. The molecule has 0 aromatic heterocycles. The molecule has 2 fully saturated rings. The summed E-state index contributed by atoms with van der Waals surface area (Å²) >= 11 is 0. The van der Waals surface area contributed by atoms with E-state index in [1.54, 1.807) is 0 Å². The van der Waals surface area contributed by atoms with Crippen LogP contribution in [0.5, 0.6) is 0 Å². The van der Waals surface area contributed by atoms with Crippen LogP contribution in [0.4, 0.5) is 0 Å². The maximum atomic E-state index is 12.0. The fourth-order valence-electron chi connectivity index (χ4n) is 3.03. The van der Waals surface area contributed by atoms with E-state index in [-0.39, 0.29) is 23.8 Å². The van der Waals surface area contributed by atoms with E-state index in [1.807, 2.05) is 4.90 Å². The number of amides is 2. The number of carbonyl (C=O) groups is 2. The summed E-state index contributed by atoms with van der Waals surface area (Å²) in [5.41, 5.74) is 5.89. The lowest BCUT2D eigenvalue weighted by molar-refractivity contribution is -0.127. The molecule has 0 radical (unpaired) electrons. The lowest BCUT2D eigenvalue weighted by Gasteiger charge is -2.25. The first-order valence-electron chi connectivity index (χ1n) is 7.48. The molecule has 1 heterocycles. The Kier molecular flexibility index (Phi) is 5.19. The van der Waals surface area contributed by atoms with Gasteiger partial charge in [0.25, 0.3) is 0 Å². The second kappa shape index (κ2) is 6.89. The predicted molar refractivity (Wildman–Crippen MR) is 73.4 cm³/mol. The Morgan fingerprint density at radius 3 is 2.89 bits per heavy atom. The van der Waals surface area contributed by atoms with Crippen LogP contribution in [0.15, 0.2) is 0 Å². The summed E-state index contributed by atoms with van der Waals surface area (Å²) in [6, 6.07) is 0.187. The number of carbonyl (C=O) groups excluding carboxylic acids is 2. The highest BCUT2D eigenvalue weighted by molar-refractivity contribution is 5.79. The van der Waals surface area contributed by atoms with E-state index < -0.39 is 0 Å². The fraction of sp³-hybridized carbons (Fsp3) is 0.857. The van der Waals surface area contributed by atoms with Gasteiger partial charge in [0.05, 0.1) is 0 Å². The zero-order valence-corrected chi connectivity index (χ0v) is 11.6. The summed E-state index contributed by atoms with van der Waals surface area (Å²) in [6.45, 7) is 2.31. The van der Waals surface area contributed by atoms with Gasteiger partial charge in [-0.05, 0) is 32.1 Å². The minimum absolute atomic E-state index is 0.0946. The first-order chi connectivity index (χ1) is 9.16. The van der Waals surface area contributed by atoms with E-state index in [9.17, 15) is 9.59 Å². The van der Waals surface area contributed by atoms with E-state index in [4.69, 9.17) is 5.73 Å². The van der Waals surface area contributed by atoms with Gasteiger partial charge >= 0.3 is 0 Å². The van der Waals surface area contributed by atoms with E-state index in [1.165, 1.54) is 0 Å². The van der Waals surface area contributed by atoms with Crippen LogP contribution < -0.4 is 11.1 Å². The Morgan fingerprint density at radius 2 is 2.21 bits per heavy atom. The lowest BCUT2D eigenvalue weighted by atomic mass is 9.85. The van der Waals surface area contributed by atoms with Gasteiger partial charge in [-0.25, -0.2) is 0 Å². The summed E-state index contributed by atoms with van der Waals surface area (Å²) in [5.74, 6) is 0.490. The van der Waals surface area contributed by atoms with Gasteiger partial charge in [0.2, 0.25) is 11.8 Å². The average Bonchev–Trinajstić information content (AvgIpc) is 2.80. The van der Waals surface area contributed by atoms with Crippen LogP contribution in [0.25, 0.3) is 0 Å². The van der Waals surface area contributed by atoms with Crippen molar-refractivity contribution in [3.8, 4) is 0 Å². The highest BCUT2D eigenvalue weighted by Crippen LogP contribution is 2.23. The van der Waals surface area contributed by atoms with Gasteiger partial charge in [0, 0.05) is 38.0 Å². The topological polar surface area (TPSA) is 75.4 Å². The highest BCUT2D eigenvalue weighted by Gasteiger charge is 2.25. The van der Waals surface area contributed by atoms with Crippen LogP contribution in [0.1, 0.15) is 44.9 Å². The van der Waals surface area contributed by atoms with Crippen LogP contribution in [-0.2, 0) is 9.59 Å². The molecule has 1 saturated heterocycles. The Labute approximate surface area is 114 Å². The Morgan fingerprint density at radius 1 is 1.37 bits per heavy atom. The Bertz CT molecular complexity index is 333. The largest absolute Gasteiger partial charge is 0.356 e. The number of likely N-dealkylation sites (tertiary alicyclic amines) is 1. The van der Waals surface area contributed by atoms with Crippen LogP contribution in [0, 0.1) is 5.92 Å². The van der Waals surface area contributed by atoms with Gasteiger partial charge in [-0.3, -0.25) is 9.59 Å². The molecule has 0 aromatic carbocycles. The van der Waals surface area contributed by atoms with Crippen LogP contribution >= 0.6 is 0 Å². The normalized spacial score (nSPS) is 27.6. The fourth-order valence-corrected chi connectivity index (χ4v) is 3.03. The zero-order valence-electron chi connectivity index (χ0n) is 11.6. The van der Waals surface area contributed by atoms with Gasteiger partial charge in [-0.15, -0.1) is 0 Å². The SMILES string of the molecule is NC1CCCC(C(=O)NCCCN2CCCC2=O)C1. The second-order valence-corrected chi connectivity index (χ2v) is 5.75. The van der Waals surface area contributed by atoms with Crippen molar-refractivity contribution in [2.24, 2.45) is 11.7 Å². The van der Waals surface area contributed by atoms with Crippen molar-refractivity contribution in [3.05, 3.63) is 0 Å². The molecule has 3 N–H and O–H groups in total. The van der Waals surface area contributed by atoms with Crippen molar-refractivity contribution in [2.45, 2.75) is 51.0 Å². The predicted octanol–water partition coefficient (Wildman–Crippen LogP) is 0.633. The van der Waals surface area contributed by atoms with Crippen molar-refractivity contribution in [1.29, 1.82) is 0 Å². The molecule has 0 bridgehead atoms. The number of rotatable bonds is 5. The van der Waals surface area contributed by atoms with Crippen molar-refractivity contribution in [3.63, 3.8) is 0 Å². The van der Waals surface area contributed by atoms with Crippen LogP contribution in [-0.4, -0.2) is 42.4 Å². The van der Waals surface area contributed by atoms with Gasteiger partial charge in [-0.1, -0.05) is 6.42 Å². The number of nitrogens with two attached hydrogens (primary N) is 1. The quantitative estimate of drug-likeness (QED) is 0.718. The van der Waals surface area contributed by atoms with Crippen LogP contribution in [0.2, 0.25) is 0 Å². The van der Waals surface area contributed by atoms with Gasteiger partial charge in [-0.2, -0.15) is 0 Å². The molecule has 0 spiro atoms. The molecule has 2 unspecified atom stereocenters. The molecule has 2 amide bonds. The zero-order chi connectivity index (χ0) is 13.7. The molecule has 0 aromatic rings. The van der Waals surface area contributed by atoms with Gasteiger partial charge in [0.15, 0.2) is 0 Å². The summed E-state index contributed by atoms with van der Waals surface area (Å²) in [4.78, 5) is 25.3. The monoisotopic (exact) mass is 267 g/mol. The first-order valence-corrected chi connectivity index (χ1v) is 7.48. The second-order valence-electron chi connectivity index (χ2n) is 5.75. The maximum Gasteiger partial charge on any atom is 0.223 e. The molecular formula is C14H25N3O2. The molecule has 19 heavy (non-hydrogen) atoms. The van der Waals surface area contributed by atoms with E-state index in [0.29, 0.717) is 13.0 Å². The minimum atomic E-state index is 0.0946. The number of nitrogens with zero attached hydrogens (tertiary/aromatic N) is 1. The highest BCUT2D eigenvalue weighted by atomic mass is 16.2. The number of hydrogen-bond acceptors (Lipinski definition) is 3. The molecule has 108 valence electrons. The van der Waals surface area contributed by atoms with Gasteiger partial charge in [0.1, 0.15) is 0 Å². The number of hydrogen-bond donors (Lipinski definition) is 2. The van der Waals surface area contributed by atoms with E-state index in [0.717, 1.165) is 51.6 Å². The van der Waals surface area contributed by atoms with Crippen molar-refractivity contribution in [2.75, 3.05) is 19.6 Å². The molecule has 2 atom stereocenters. The average molecular weight is 267 g/mol. The molecule has 2 rings (SSSR count). The number of nitrogens with one attached hydrogen (secondary N) is 1. The summed E-state index contributed by atoms with van der Waals surface area (Å²) < 4.78 is 0. The maximum absolute atomic E-state index is 12.0. The van der Waals surface area contributed by atoms with Crippen LogP contribution in [0.3, 0.4) is 0 Å². The third-order valence-electron chi connectivity index (χ3n) is 4.16. The molecule has 1 aliphatic heterocycles. The molecule has 5 heteroatoms. The van der Waals surface area contributed by atoms with Crippen molar-refractivity contribution < 1.29 is 9.59 Å². The molecule has 1 saturated carbocycles. The molecule has 1 aliphatic carbocycles. The lowest BCUT2D eigenvalue weighted by Crippen LogP contribution is -2.38. The molecule has 5 nitrogen and oxygen atoms in total. The summed E-state index contributed by atoms with van der Waals surface area (Å²) in [6.07, 6.45) is 6.39. The third kappa shape index (κ3) is 4.20. The smallest absolute Gasteiger partial charge is 0.223 e. The van der Waals surface area contributed by atoms with E-state index >= 15 is 0 Å². The van der Waals surface area contributed by atoms with E-state index in [2.05, 4.69) is 5.32 Å². The van der Waals surface area contributed by atoms with Crippen molar-refractivity contribution >= 4 is 11.8 Å². The Balaban J connectivity index is 1.59. The molecule has 2 aliphatic rings. The standard InChI is InChI=1S/C14H25N3O2/c15-12-5-1-4-11(10-12)14(19)16-7-3-9-17-8-2-6-13(17)18/h11-12H,1-10,15H2,(H,16,19).